The largest absolute Gasteiger partial charge is 0.367 e. The second-order valence-corrected chi connectivity index (χ2v) is 6.98. The van der Waals surface area contributed by atoms with Crippen LogP contribution in [0.15, 0.2) is 30.5 Å². The average molecular weight is 385 g/mol. The van der Waals surface area contributed by atoms with Crippen molar-refractivity contribution in [2.75, 3.05) is 57.0 Å². The van der Waals surface area contributed by atoms with Gasteiger partial charge < -0.3 is 20.0 Å². The van der Waals surface area contributed by atoms with E-state index in [-0.39, 0.29) is 24.1 Å². The van der Waals surface area contributed by atoms with Gasteiger partial charge in [-0.1, -0.05) is 24.3 Å². The van der Waals surface area contributed by atoms with E-state index in [1.165, 1.54) is 15.8 Å². The Kier molecular flexibility index (Phi) is 6.25. The van der Waals surface area contributed by atoms with Crippen molar-refractivity contribution in [3.8, 4) is 0 Å². The highest BCUT2D eigenvalue weighted by atomic mass is 16.2. The molecule has 0 aliphatic carbocycles. The molecule has 1 aliphatic heterocycles. The van der Waals surface area contributed by atoms with Crippen LogP contribution in [0.2, 0.25) is 0 Å². The van der Waals surface area contributed by atoms with E-state index in [1.807, 2.05) is 24.3 Å². The summed E-state index contributed by atoms with van der Waals surface area (Å²) in [5.74, 6) is -0.461. The first kappa shape index (κ1) is 19.8. The zero-order chi connectivity index (χ0) is 20.1. The molecule has 0 unspecified atom stereocenters. The zero-order valence-corrected chi connectivity index (χ0v) is 16.6. The number of para-hydroxylation sites is 2. The van der Waals surface area contributed by atoms with Gasteiger partial charge in [0.2, 0.25) is 5.91 Å². The Hall–Kier alpha value is -2.94. The predicted octanol–water partition coefficient (Wildman–Crippen LogP) is 0.761. The molecule has 2 heterocycles. The van der Waals surface area contributed by atoms with Gasteiger partial charge in [0.1, 0.15) is 6.54 Å². The van der Waals surface area contributed by atoms with Crippen molar-refractivity contribution in [3.63, 3.8) is 0 Å². The van der Waals surface area contributed by atoms with Crippen LogP contribution >= 0.6 is 0 Å². The smallest absolute Gasteiger partial charge is 0.277 e. The fourth-order valence-corrected chi connectivity index (χ4v) is 3.11. The van der Waals surface area contributed by atoms with Gasteiger partial charge in [0.15, 0.2) is 5.69 Å². The van der Waals surface area contributed by atoms with Crippen molar-refractivity contribution in [1.29, 1.82) is 0 Å². The van der Waals surface area contributed by atoms with Gasteiger partial charge in [-0.15, -0.1) is 5.10 Å². The second kappa shape index (κ2) is 8.83. The van der Waals surface area contributed by atoms with Crippen LogP contribution in [0.1, 0.15) is 17.4 Å². The number of amides is 2. The lowest BCUT2D eigenvalue weighted by Gasteiger charge is -2.36. The number of nitrogens with one attached hydrogen (secondary N) is 1. The molecule has 9 nitrogen and oxygen atoms in total. The number of anilines is 2. The molecule has 9 heteroatoms. The fraction of sp³-hybridized carbons (Fsp3) is 0.474. The number of carbonyl (C=O) groups excluding carboxylic acids is 2. The van der Waals surface area contributed by atoms with Crippen molar-refractivity contribution in [3.05, 3.63) is 36.2 Å². The van der Waals surface area contributed by atoms with E-state index < -0.39 is 0 Å². The number of hydrogen-bond acceptors (Lipinski definition) is 6. The maximum atomic E-state index is 12.6. The van der Waals surface area contributed by atoms with E-state index in [4.69, 9.17) is 0 Å². The maximum absolute atomic E-state index is 12.6. The van der Waals surface area contributed by atoms with E-state index in [0.717, 1.165) is 44.1 Å². The van der Waals surface area contributed by atoms with Gasteiger partial charge in [0, 0.05) is 40.3 Å². The molecule has 1 aromatic heterocycles. The van der Waals surface area contributed by atoms with Crippen LogP contribution in [0.3, 0.4) is 0 Å². The highest BCUT2D eigenvalue weighted by molar-refractivity contribution is 6.04. The third-order valence-corrected chi connectivity index (χ3v) is 4.88. The minimum atomic E-state index is -0.344. The molecule has 0 spiro atoms. The molecule has 0 radical (unpaired) electrons. The number of likely N-dealkylation sites (N-methyl/N-ethyl adjacent to an activating group) is 2. The van der Waals surface area contributed by atoms with Crippen LogP contribution in [-0.4, -0.2) is 83.4 Å². The Balaban J connectivity index is 1.68. The van der Waals surface area contributed by atoms with Crippen molar-refractivity contribution in [2.24, 2.45) is 0 Å². The van der Waals surface area contributed by atoms with Gasteiger partial charge in [-0.2, -0.15) is 0 Å². The summed E-state index contributed by atoms with van der Waals surface area (Å²) in [4.78, 5) is 30.6. The molecule has 2 aromatic rings. The minimum Gasteiger partial charge on any atom is -0.367 e. The summed E-state index contributed by atoms with van der Waals surface area (Å²) in [5, 5.41) is 10.7. The standard InChI is InChI=1S/C19H27N7O2/c1-4-24-9-11-25(12-10-24)17-8-6-5-7-15(17)20-19(28)16-13-26(22-21-16)14-18(27)23(2)3/h5-8,13H,4,9-12,14H2,1-3H3,(H,20,28). The maximum Gasteiger partial charge on any atom is 0.277 e. The van der Waals surface area contributed by atoms with Crippen LogP contribution in [-0.2, 0) is 11.3 Å². The number of aromatic nitrogens is 3. The van der Waals surface area contributed by atoms with Crippen molar-refractivity contribution in [1.82, 2.24) is 24.8 Å². The normalized spacial score (nSPS) is 14.8. The van der Waals surface area contributed by atoms with Crippen LogP contribution in [0.5, 0.6) is 0 Å². The second-order valence-electron chi connectivity index (χ2n) is 6.98. The molecular formula is C19H27N7O2. The Bertz CT molecular complexity index is 825. The molecule has 0 bridgehead atoms. The molecule has 2 amide bonds. The number of nitrogens with zero attached hydrogens (tertiary/aromatic N) is 6. The molecule has 1 N–H and O–H groups in total. The molecule has 1 saturated heterocycles. The fourth-order valence-electron chi connectivity index (χ4n) is 3.11. The summed E-state index contributed by atoms with van der Waals surface area (Å²) in [6, 6.07) is 7.78. The number of hydrogen-bond donors (Lipinski definition) is 1. The third-order valence-electron chi connectivity index (χ3n) is 4.88. The first-order valence-corrected chi connectivity index (χ1v) is 9.46. The number of benzene rings is 1. The molecule has 150 valence electrons. The summed E-state index contributed by atoms with van der Waals surface area (Å²) in [7, 11) is 3.34. The van der Waals surface area contributed by atoms with Crippen LogP contribution in [0, 0.1) is 0 Å². The molecule has 0 saturated carbocycles. The summed E-state index contributed by atoms with van der Waals surface area (Å²) >= 11 is 0. The van der Waals surface area contributed by atoms with E-state index >= 15 is 0 Å². The first-order valence-electron chi connectivity index (χ1n) is 9.46. The Morgan fingerprint density at radius 2 is 1.86 bits per heavy atom. The molecule has 0 atom stereocenters. The molecule has 1 fully saturated rings. The molecule has 28 heavy (non-hydrogen) atoms. The van der Waals surface area contributed by atoms with E-state index in [9.17, 15) is 9.59 Å². The lowest BCUT2D eigenvalue weighted by molar-refractivity contribution is -0.129. The molecule has 3 rings (SSSR count). The topological polar surface area (TPSA) is 86.6 Å². The Morgan fingerprint density at radius 3 is 2.54 bits per heavy atom. The third kappa shape index (κ3) is 4.66. The van der Waals surface area contributed by atoms with E-state index in [2.05, 4.69) is 32.4 Å². The van der Waals surface area contributed by atoms with Crippen molar-refractivity contribution in [2.45, 2.75) is 13.5 Å². The van der Waals surface area contributed by atoms with Crippen molar-refractivity contribution >= 4 is 23.2 Å². The van der Waals surface area contributed by atoms with Crippen LogP contribution < -0.4 is 10.2 Å². The Morgan fingerprint density at radius 1 is 1.14 bits per heavy atom. The summed E-state index contributed by atoms with van der Waals surface area (Å²) in [6.07, 6.45) is 1.49. The number of piperazine rings is 1. The van der Waals surface area contributed by atoms with Crippen molar-refractivity contribution < 1.29 is 9.59 Å². The van der Waals surface area contributed by atoms with E-state index in [0.29, 0.717) is 0 Å². The van der Waals surface area contributed by atoms with Gasteiger partial charge >= 0.3 is 0 Å². The minimum absolute atomic E-state index is 0.0472. The van der Waals surface area contributed by atoms with Crippen LogP contribution in [0.25, 0.3) is 0 Å². The number of carbonyl (C=O) groups is 2. The molecular weight excluding hydrogens is 358 g/mol. The quantitative estimate of drug-likeness (QED) is 0.790. The van der Waals surface area contributed by atoms with Crippen LogP contribution in [0.4, 0.5) is 11.4 Å². The summed E-state index contributed by atoms with van der Waals surface area (Å²) in [5.41, 5.74) is 1.93. The van der Waals surface area contributed by atoms with E-state index in [1.54, 1.807) is 14.1 Å². The molecule has 1 aromatic carbocycles. The predicted molar refractivity (Wildman–Crippen MR) is 107 cm³/mol. The Labute approximate surface area is 164 Å². The van der Waals surface area contributed by atoms with Gasteiger partial charge in [0.25, 0.3) is 5.91 Å². The summed E-state index contributed by atoms with van der Waals surface area (Å²) < 4.78 is 1.37. The highest BCUT2D eigenvalue weighted by Gasteiger charge is 2.20. The average Bonchev–Trinajstić information content (AvgIpc) is 3.17. The van der Waals surface area contributed by atoms with Gasteiger partial charge in [-0.05, 0) is 18.7 Å². The lowest BCUT2D eigenvalue weighted by Crippen LogP contribution is -2.46. The first-order chi connectivity index (χ1) is 13.5. The van der Waals surface area contributed by atoms with Gasteiger partial charge in [-0.3, -0.25) is 9.59 Å². The van der Waals surface area contributed by atoms with Gasteiger partial charge in [0.05, 0.1) is 17.6 Å². The SMILES string of the molecule is CCN1CCN(c2ccccc2NC(=O)c2cn(CC(=O)N(C)C)nn2)CC1. The lowest BCUT2D eigenvalue weighted by atomic mass is 10.2. The van der Waals surface area contributed by atoms with Gasteiger partial charge in [-0.25, -0.2) is 4.68 Å². The molecule has 1 aliphatic rings. The number of rotatable bonds is 6. The monoisotopic (exact) mass is 385 g/mol. The highest BCUT2D eigenvalue weighted by Crippen LogP contribution is 2.27. The summed E-state index contributed by atoms with van der Waals surface area (Å²) in [6.45, 7) is 7.13. The zero-order valence-electron chi connectivity index (χ0n) is 16.6.